The Bertz CT molecular complexity index is 875. The van der Waals surface area contributed by atoms with Crippen LogP contribution in [0.1, 0.15) is 40.6 Å². The molecule has 1 aliphatic rings. The number of nitrogens with zero attached hydrogens (tertiary/aromatic N) is 2. The Kier molecular flexibility index (Phi) is 3.81. The maximum atomic E-state index is 12.5. The molecule has 0 aliphatic heterocycles. The third-order valence-corrected chi connectivity index (χ3v) is 4.67. The van der Waals surface area contributed by atoms with Gasteiger partial charge in [0, 0.05) is 25.6 Å². The highest BCUT2D eigenvalue weighted by Crippen LogP contribution is 2.40. The summed E-state index contributed by atoms with van der Waals surface area (Å²) in [4.78, 5) is 14.2. The van der Waals surface area contributed by atoms with Crippen molar-refractivity contribution in [2.24, 2.45) is 0 Å². The van der Waals surface area contributed by atoms with Gasteiger partial charge in [-0.1, -0.05) is 47.6 Å². The average molecular weight is 320 g/mol. The number of hydrogen-bond acceptors (Lipinski definition) is 3. The standard InChI is InChI=1S/C20H20N2O2/c1-22(20(23)18-13-19(24-21-18)16-9-10-16)12-11-15-7-4-6-14-5-2-3-8-17(14)15/h2-8,13,16H,9-12H2,1H3. The molecule has 4 heteroatoms. The second kappa shape index (κ2) is 6.11. The Morgan fingerprint density at radius 3 is 2.83 bits per heavy atom. The second-order valence-corrected chi connectivity index (χ2v) is 6.50. The van der Waals surface area contributed by atoms with E-state index in [9.17, 15) is 4.79 Å². The van der Waals surface area contributed by atoms with Gasteiger partial charge in [-0.25, -0.2) is 0 Å². The second-order valence-electron chi connectivity index (χ2n) is 6.50. The Hall–Kier alpha value is -2.62. The van der Waals surface area contributed by atoms with Gasteiger partial charge in [0.25, 0.3) is 5.91 Å². The largest absolute Gasteiger partial charge is 0.360 e. The number of hydrogen-bond donors (Lipinski definition) is 0. The van der Waals surface area contributed by atoms with Crippen LogP contribution in [0.2, 0.25) is 0 Å². The first kappa shape index (κ1) is 14.9. The molecule has 1 aliphatic carbocycles. The van der Waals surface area contributed by atoms with E-state index < -0.39 is 0 Å². The number of rotatable bonds is 5. The quantitative estimate of drug-likeness (QED) is 0.713. The van der Waals surface area contributed by atoms with E-state index in [2.05, 4.69) is 41.6 Å². The fourth-order valence-corrected chi connectivity index (χ4v) is 3.05. The van der Waals surface area contributed by atoms with E-state index in [1.54, 1.807) is 11.0 Å². The third kappa shape index (κ3) is 2.92. The molecule has 0 radical (unpaired) electrons. The van der Waals surface area contributed by atoms with Gasteiger partial charge in [0.05, 0.1) is 0 Å². The smallest absolute Gasteiger partial charge is 0.275 e. The van der Waals surface area contributed by atoms with Gasteiger partial charge in [-0.3, -0.25) is 4.79 Å². The first-order valence-electron chi connectivity index (χ1n) is 8.41. The lowest BCUT2D eigenvalue weighted by atomic mass is 10.0. The van der Waals surface area contributed by atoms with E-state index in [0.717, 1.165) is 25.0 Å². The molecule has 1 heterocycles. The highest BCUT2D eigenvalue weighted by molar-refractivity contribution is 5.92. The van der Waals surface area contributed by atoms with Gasteiger partial charge in [0.2, 0.25) is 0 Å². The molecule has 0 N–H and O–H groups in total. The zero-order chi connectivity index (χ0) is 16.5. The summed E-state index contributed by atoms with van der Waals surface area (Å²) in [7, 11) is 1.82. The van der Waals surface area contributed by atoms with Crippen molar-refractivity contribution in [2.45, 2.75) is 25.2 Å². The predicted molar refractivity (Wildman–Crippen MR) is 93.1 cm³/mol. The van der Waals surface area contributed by atoms with Crippen LogP contribution in [0.4, 0.5) is 0 Å². The fraction of sp³-hybridized carbons (Fsp3) is 0.300. The van der Waals surface area contributed by atoms with Gasteiger partial charge < -0.3 is 9.42 Å². The van der Waals surface area contributed by atoms with Crippen molar-refractivity contribution in [3.63, 3.8) is 0 Å². The van der Waals surface area contributed by atoms with Gasteiger partial charge in [-0.15, -0.1) is 0 Å². The molecule has 1 aromatic heterocycles. The first-order valence-corrected chi connectivity index (χ1v) is 8.41. The van der Waals surface area contributed by atoms with E-state index in [1.165, 1.54) is 16.3 Å². The molecule has 24 heavy (non-hydrogen) atoms. The SMILES string of the molecule is CN(CCc1cccc2ccccc12)C(=O)c1cc(C2CC2)on1. The van der Waals surface area contributed by atoms with Crippen LogP contribution >= 0.6 is 0 Å². The molecule has 0 unspecified atom stereocenters. The summed E-state index contributed by atoms with van der Waals surface area (Å²) in [6.45, 7) is 0.651. The lowest BCUT2D eigenvalue weighted by Crippen LogP contribution is -2.29. The van der Waals surface area contributed by atoms with Gasteiger partial charge in [0.15, 0.2) is 5.69 Å². The molecule has 122 valence electrons. The molecule has 1 amide bonds. The summed E-state index contributed by atoms with van der Waals surface area (Å²) in [5, 5.41) is 6.42. The molecule has 2 aromatic carbocycles. The van der Waals surface area contributed by atoms with Crippen LogP contribution in [0, 0.1) is 0 Å². The van der Waals surface area contributed by atoms with Crippen LogP contribution in [0.15, 0.2) is 53.1 Å². The van der Waals surface area contributed by atoms with E-state index in [0.29, 0.717) is 18.2 Å². The maximum absolute atomic E-state index is 12.5. The molecule has 0 spiro atoms. The van der Waals surface area contributed by atoms with Crippen molar-refractivity contribution in [1.29, 1.82) is 0 Å². The fourth-order valence-electron chi connectivity index (χ4n) is 3.05. The highest BCUT2D eigenvalue weighted by atomic mass is 16.5. The molecule has 4 rings (SSSR count). The van der Waals surface area contributed by atoms with E-state index in [4.69, 9.17) is 4.52 Å². The van der Waals surface area contributed by atoms with Gasteiger partial charge in [-0.2, -0.15) is 0 Å². The maximum Gasteiger partial charge on any atom is 0.275 e. The van der Waals surface area contributed by atoms with Crippen LogP contribution in [-0.4, -0.2) is 29.6 Å². The van der Waals surface area contributed by atoms with Crippen molar-refractivity contribution in [3.8, 4) is 0 Å². The van der Waals surface area contributed by atoms with Gasteiger partial charge >= 0.3 is 0 Å². The highest BCUT2D eigenvalue weighted by Gasteiger charge is 2.29. The molecule has 1 saturated carbocycles. The lowest BCUT2D eigenvalue weighted by molar-refractivity contribution is 0.0786. The summed E-state index contributed by atoms with van der Waals surface area (Å²) < 4.78 is 5.28. The number of carbonyl (C=O) groups excluding carboxylic acids is 1. The van der Waals surface area contributed by atoms with Crippen LogP contribution in [0.5, 0.6) is 0 Å². The number of benzene rings is 2. The number of carbonyl (C=O) groups is 1. The number of likely N-dealkylation sites (N-methyl/N-ethyl adjacent to an activating group) is 1. The van der Waals surface area contributed by atoms with E-state index in [-0.39, 0.29) is 5.91 Å². The third-order valence-electron chi connectivity index (χ3n) is 4.67. The Morgan fingerprint density at radius 1 is 1.21 bits per heavy atom. The monoisotopic (exact) mass is 320 g/mol. The van der Waals surface area contributed by atoms with Crippen LogP contribution in [-0.2, 0) is 6.42 Å². The average Bonchev–Trinajstić information content (AvgIpc) is 3.36. The number of aromatic nitrogens is 1. The summed E-state index contributed by atoms with van der Waals surface area (Å²) in [6, 6.07) is 16.5. The molecule has 0 atom stereocenters. The lowest BCUT2D eigenvalue weighted by Gasteiger charge is -2.16. The zero-order valence-electron chi connectivity index (χ0n) is 13.7. The predicted octanol–water partition coefficient (Wildman–Crippen LogP) is 4.02. The molecule has 4 nitrogen and oxygen atoms in total. The molecular weight excluding hydrogens is 300 g/mol. The molecular formula is C20H20N2O2. The minimum Gasteiger partial charge on any atom is -0.360 e. The van der Waals surface area contributed by atoms with Crippen LogP contribution in [0.25, 0.3) is 10.8 Å². The van der Waals surface area contributed by atoms with Crippen LogP contribution in [0.3, 0.4) is 0 Å². The summed E-state index contributed by atoms with van der Waals surface area (Å²) in [6.07, 6.45) is 3.09. The Morgan fingerprint density at radius 2 is 2.00 bits per heavy atom. The molecule has 3 aromatic rings. The zero-order valence-corrected chi connectivity index (χ0v) is 13.7. The summed E-state index contributed by atoms with van der Waals surface area (Å²) >= 11 is 0. The van der Waals surface area contributed by atoms with Crippen molar-refractivity contribution < 1.29 is 9.32 Å². The summed E-state index contributed by atoms with van der Waals surface area (Å²) in [5.74, 6) is 1.24. The van der Waals surface area contributed by atoms with Gasteiger partial charge in [0.1, 0.15) is 5.76 Å². The minimum atomic E-state index is -0.0779. The van der Waals surface area contributed by atoms with Crippen molar-refractivity contribution >= 4 is 16.7 Å². The van der Waals surface area contributed by atoms with Gasteiger partial charge in [-0.05, 0) is 35.6 Å². The molecule has 0 bridgehead atoms. The number of fused-ring (bicyclic) bond motifs is 1. The number of amides is 1. The normalized spacial score (nSPS) is 14.0. The van der Waals surface area contributed by atoms with Crippen molar-refractivity contribution in [2.75, 3.05) is 13.6 Å². The van der Waals surface area contributed by atoms with E-state index in [1.807, 2.05) is 13.1 Å². The Labute approximate surface area is 141 Å². The Balaban J connectivity index is 1.45. The summed E-state index contributed by atoms with van der Waals surface area (Å²) in [5.41, 5.74) is 1.67. The minimum absolute atomic E-state index is 0.0779. The first-order chi connectivity index (χ1) is 11.7. The molecule has 1 fully saturated rings. The van der Waals surface area contributed by atoms with Crippen molar-refractivity contribution in [3.05, 3.63) is 65.5 Å². The topological polar surface area (TPSA) is 46.3 Å². The van der Waals surface area contributed by atoms with Crippen LogP contribution < -0.4 is 0 Å². The van der Waals surface area contributed by atoms with E-state index >= 15 is 0 Å². The van der Waals surface area contributed by atoms with Crippen molar-refractivity contribution in [1.82, 2.24) is 10.1 Å². The molecule has 0 saturated heterocycles.